The number of aromatic nitrogens is 1. The van der Waals surface area contributed by atoms with Crippen molar-refractivity contribution in [1.82, 2.24) is 19.7 Å². The molecule has 2 N–H and O–H groups in total. The van der Waals surface area contributed by atoms with Crippen LogP contribution in [0.1, 0.15) is 35.2 Å². The van der Waals surface area contributed by atoms with Gasteiger partial charge in [0.05, 0.1) is 4.90 Å². The first-order valence-corrected chi connectivity index (χ1v) is 14.5. The number of carbonyl (C=O) groups excluding carboxylic acids is 2. The highest BCUT2D eigenvalue weighted by Crippen LogP contribution is 2.25. The molecule has 40 heavy (non-hydrogen) atoms. The van der Waals surface area contributed by atoms with Gasteiger partial charge < -0.3 is 15.0 Å². The summed E-state index contributed by atoms with van der Waals surface area (Å²) >= 11 is 0. The van der Waals surface area contributed by atoms with E-state index in [1.54, 1.807) is 42.5 Å². The Bertz CT molecular complexity index is 1440. The van der Waals surface area contributed by atoms with Gasteiger partial charge in [0, 0.05) is 50.2 Å². The summed E-state index contributed by atoms with van der Waals surface area (Å²) in [5.74, 6) is -0.639. The van der Waals surface area contributed by atoms with Crippen LogP contribution in [0.15, 0.2) is 78.0 Å². The molecule has 10 nitrogen and oxygen atoms in total. The van der Waals surface area contributed by atoms with Crippen LogP contribution < -0.4 is 10.8 Å². The molecular weight excluding hydrogens is 532 g/mol. The molecule has 1 atom stereocenters. The molecule has 2 aromatic carbocycles. The lowest BCUT2D eigenvalue weighted by Gasteiger charge is -2.21. The molecule has 3 aromatic rings. The Morgan fingerprint density at radius 1 is 1.10 bits per heavy atom. The van der Waals surface area contributed by atoms with Crippen LogP contribution >= 0.6 is 0 Å². The molecule has 1 fully saturated rings. The van der Waals surface area contributed by atoms with Crippen molar-refractivity contribution in [2.45, 2.75) is 30.4 Å². The number of nitrogens with one attached hydrogen (secondary N) is 2. The predicted octanol–water partition coefficient (Wildman–Crippen LogP) is 3.27. The van der Waals surface area contributed by atoms with E-state index < -0.39 is 22.2 Å². The van der Waals surface area contributed by atoms with Crippen molar-refractivity contribution in [2.75, 3.05) is 33.8 Å². The second kappa shape index (κ2) is 13.5. The number of carbonyl (C=O) groups is 2. The van der Waals surface area contributed by atoms with Crippen LogP contribution in [-0.4, -0.2) is 69.2 Å². The van der Waals surface area contributed by atoms with Gasteiger partial charge in [-0.1, -0.05) is 24.3 Å². The van der Waals surface area contributed by atoms with Gasteiger partial charge in [0.15, 0.2) is 6.29 Å². The standard InChI is InChI=1S/C29H34N4O6S/c1-32(2)18-16-30-29(35)24-12-10-23(11-13-24)25-6-5-7-26(20-25)40(36,37)33-17-15-22(21-33)9-14-27(34)31-39-28-8-3-4-19-38-28/h5-7,9-15,17,20-21,28H,3-4,8,16,18-19H2,1-2H3,(H,30,35)(H,31,34). The third-order valence-corrected chi connectivity index (χ3v) is 7.91. The molecule has 212 valence electrons. The molecule has 11 heteroatoms. The van der Waals surface area contributed by atoms with Crippen LogP contribution in [0.5, 0.6) is 0 Å². The largest absolute Gasteiger partial charge is 0.351 e. The van der Waals surface area contributed by atoms with Gasteiger partial charge in [-0.05, 0) is 80.0 Å². The Morgan fingerprint density at radius 3 is 2.62 bits per heavy atom. The Hall–Kier alpha value is -3.77. The summed E-state index contributed by atoms with van der Waals surface area (Å²) in [5.41, 5.74) is 4.87. The normalized spacial score (nSPS) is 15.8. The zero-order chi connectivity index (χ0) is 28.5. The number of hydroxylamine groups is 1. The predicted molar refractivity (Wildman–Crippen MR) is 152 cm³/mol. The zero-order valence-corrected chi connectivity index (χ0v) is 23.4. The molecule has 4 rings (SSSR count). The van der Waals surface area contributed by atoms with Crippen molar-refractivity contribution in [3.05, 3.63) is 84.2 Å². The van der Waals surface area contributed by atoms with Crippen molar-refractivity contribution in [2.24, 2.45) is 0 Å². The van der Waals surface area contributed by atoms with E-state index in [0.717, 1.165) is 28.9 Å². The summed E-state index contributed by atoms with van der Waals surface area (Å²) in [7, 11) is -0.00151. The third-order valence-electron chi connectivity index (χ3n) is 6.28. The fraction of sp³-hybridized carbons (Fsp3) is 0.310. The summed E-state index contributed by atoms with van der Waals surface area (Å²) in [6, 6.07) is 15.2. The minimum absolute atomic E-state index is 0.111. The van der Waals surface area contributed by atoms with Crippen molar-refractivity contribution >= 4 is 27.9 Å². The number of nitrogens with zero attached hydrogens (tertiary/aromatic N) is 2. The van der Waals surface area contributed by atoms with Crippen LogP contribution in [0.4, 0.5) is 0 Å². The van der Waals surface area contributed by atoms with E-state index in [9.17, 15) is 18.0 Å². The molecule has 2 amide bonds. The number of hydrogen-bond donors (Lipinski definition) is 2. The second-order valence-corrected chi connectivity index (χ2v) is 11.5. The lowest BCUT2D eigenvalue weighted by atomic mass is 10.0. The zero-order valence-electron chi connectivity index (χ0n) is 22.6. The molecule has 0 spiro atoms. The Balaban J connectivity index is 1.39. The monoisotopic (exact) mass is 566 g/mol. The van der Waals surface area contributed by atoms with E-state index in [-0.39, 0.29) is 10.8 Å². The van der Waals surface area contributed by atoms with E-state index in [1.807, 2.05) is 25.1 Å². The fourth-order valence-corrected chi connectivity index (χ4v) is 5.29. The first-order chi connectivity index (χ1) is 19.2. The van der Waals surface area contributed by atoms with Gasteiger partial charge in [-0.3, -0.25) is 9.59 Å². The summed E-state index contributed by atoms with van der Waals surface area (Å²) in [4.78, 5) is 31.7. The molecule has 1 unspecified atom stereocenters. The maximum absolute atomic E-state index is 13.3. The Morgan fingerprint density at radius 2 is 1.90 bits per heavy atom. The number of ether oxygens (including phenoxy) is 1. The first-order valence-electron chi connectivity index (χ1n) is 13.0. The van der Waals surface area contributed by atoms with E-state index in [4.69, 9.17) is 9.57 Å². The van der Waals surface area contributed by atoms with Crippen LogP contribution in [0.3, 0.4) is 0 Å². The molecular formula is C29H34N4O6S. The highest BCUT2D eigenvalue weighted by Gasteiger charge is 2.18. The second-order valence-electron chi connectivity index (χ2n) is 9.66. The van der Waals surface area contributed by atoms with Crippen LogP contribution in [0.25, 0.3) is 17.2 Å². The van der Waals surface area contributed by atoms with E-state index in [1.165, 1.54) is 30.6 Å². The average Bonchev–Trinajstić information content (AvgIpc) is 3.46. The van der Waals surface area contributed by atoms with E-state index >= 15 is 0 Å². The number of rotatable bonds is 11. The summed E-state index contributed by atoms with van der Waals surface area (Å²) in [6.45, 7) is 1.89. The topological polar surface area (TPSA) is 119 Å². The van der Waals surface area contributed by atoms with Crippen molar-refractivity contribution in [1.29, 1.82) is 0 Å². The number of amides is 2. The quantitative estimate of drug-likeness (QED) is 0.270. The van der Waals surface area contributed by atoms with Gasteiger partial charge in [0.25, 0.3) is 21.8 Å². The van der Waals surface area contributed by atoms with Crippen molar-refractivity contribution in [3.8, 4) is 11.1 Å². The molecule has 1 aromatic heterocycles. The Labute approximate surface area is 234 Å². The van der Waals surface area contributed by atoms with Gasteiger partial charge in [-0.15, -0.1) is 0 Å². The van der Waals surface area contributed by atoms with Crippen molar-refractivity contribution < 1.29 is 27.6 Å². The average molecular weight is 567 g/mol. The highest BCUT2D eigenvalue weighted by atomic mass is 32.2. The molecule has 1 aliphatic rings. The molecule has 0 radical (unpaired) electrons. The lowest BCUT2D eigenvalue weighted by molar-refractivity contribution is -0.198. The summed E-state index contributed by atoms with van der Waals surface area (Å²) < 4.78 is 33.1. The maximum Gasteiger partial charge on any atom is 0.267 e. The van der Waals surface area contributed by atoms with Gasteiger partial charge in [-0.25, -0.2) is 22.7 Å². The van der Waals surface area contributed by atoms with Gasteiger partial charge in [0.1, 0.15) is 0 Å². The van der Waals surface area contributed by atoms with E-state index in [2.05, 4.69) is 10.8 Å². The SMILES string of the molecule is CN(C)CCNC(=O)c1ccc(-c2cccc(S(=O)(=O)n3ccc(C=CC(=O)NOC4CCCCO4)c3)c2)cc1. The highest BCUT2D eigenvalue weighted by molar-refractivity contribution is 7.90. The molecule has 1 saturated heterocycles. The van der Waals surface area contributed by atoms with Gasteiger partial charge >= 0.3 is 0 Å². The van der Waals surface area contributed by atoms with Crippen molar-refractivity contribution in [3.63, 3.8) is 0 Å². The summed E-state index contributed by atoms with van der Waals surface area (Å²) in [5, 5.41) is 2.87. The molecule has 0 saturated carbocycles. The molecule has 1 aliphatic heterocycles. The third kappa shape index (κ3) is 7.89. The van der Waals surface area contributed by atoms with Gasteiger partial charge in [0.2, 0.25) is 0 Å². The smallest absolute Gasteiger partial charge is 0.267 e. The number of benzene rings is 2. The number of likely N-dealkylation sites (N-methyl/N-ethyl adjacent to an activating group) is 1. The fourth-order valence-electron chi connectivity index (χ4n) is 4.04. The lowest BCUT2D eigenvalue weighted by Crippen LogP contribution is -2.32. The summed E-state index contributed by atoms with van der Waals surface area (Å²) in [6.07, 6.45) is 7.83. The first kappa shape index (κ1) is 29.2. The van der Waals surface area contributed by atoms with Crippen LogP contribution in [0.2, 0.25) is 0 Å². The van der Waals surface area contributed by atoms with Crippen LogP contribution in [0, 0.1) is 0 Å². The Kier molecular flexibility index (Phi) is 9.88. The molecule has 0 aliphatic carbocycles. The molecule has 2 heterocycles. The van der Waals surface area contributed by atoms with Crippen LogP contribution in [-0.2, 0) is 24.4 Å². The number of hydrogen-bond acceptors (Lipinski definition) is 7. The van der Waals surface area contributed by atoms with Gasteiger partial charge in [-0.2, -0.15) is 0 Å². The van der Waals surface area contributed by atoms with E-state index in [0.29, 0.717) is 36.3 Å². The minimum atomic E-state index is -3.88. The minimum Gasteiger partial charge on any atom is -0.351 e. The maximum atomic E-state index is 13.3. The molecule has 0 bridgehead atoms.